The molecule has 3 aromatic rings. The maximum absolute atomic E-state index is 12.3. The lowest BCUT2D eigenvalue weighted by atomic mass is 10.1. The summed E-state index contributed by atoms with van der Waals surface area (Å²) in [6.07, 6.45) is 5.97. The lowest BCUT2D eigenvalue weighted by Crippen LogP contribution is -2.15. The Hall–Kier alpha value is -3.66. The van der Waals surface area contributed by atoms with Crippen molar-refractivity contribution in [2.24, 2.45) is 11.8 Å². The van der Waals surface area contributed by atoms with Crippen molar-refractivity contribution in [3.8, 4) is 17.6 Å². The standard InChI is InChI=1S/C22H21N5O2/c1-13-8-17(13)22(28)27-20-9-18-14(10-26-21(23-2)19(18)12-25-20)4-5-15-6-7-16(29-3)11-24-15/h6-7,9-13,17H,8H2,1-3H3,(H,23,26)(H,25,27,28). The number of aromatic nitrogens is 3. The third-order valence-corrected chi connectivity index (χ3v) is 5.00. The molecule has 2 unspecified atom stereocenters. The minimum atomic E-state index is 0.0160. The number of nitrogens with zero attached hydrogens (tertiary/aromatic N) is 3. The molecule has 0 radical (unpaired) electrons. The number of hydrogen-bond acceptors (Lipinski definition) is 6. The molecule has 0 saturated heterocycles. The Morgan fingerprint density at radius 3 is 2.62 bits per heavy atom. The first-order valence-corrected chi connectivity index (χ1v) is 9.38. The van der Waals surface area contributed by atoms with Crippen LogP contribution in [0.3, 0.4) is 0 Å². The van der Waals surface area contributed by atoms with E-state index in [1.54, 1.807) is 38.8 Å². The number of anilines is 2. The molecule has 7 heteroatoms. The van der Waals surface area contributed by atoms with Crippen molar-refractivity contribution < 1.29 is 9.53 Å². The average molecular weight is 387 g/mol. The minimum Gasteiger partial charge on any atom is -0.495 e. The Morgan fingerprint density at radius 1 is 1.14 bits per heavy atom. The Bertz CT molecular complexity index is 1130. The fourth-order valence-corrected chi connectivity index (χ4v) is 3.11. The number of rotatable bonds is 4. The predicted octanol–water partition coefficient (Wildman–Crippen LogP) is 3.07. The first-order chi connectivity index (χ1) is 14.1. The number of hydrogen-bond donors (Lipinski definition) is 2. The third kappa shape index (κ3) is 3.97. The smallest absolute Gasteiger partial charge is 0.228 e. The van der Waals surface area contributed by atoms with Crippen LogP contribution in [-0.2, 0) is 4.79 Å². The molecule has 1 aliphatic rings. The number of nitrogens with one attached hydrogen (secondary N) is 2. The van der Waals surface area contributed by atoms with Crippen molar-refractivity contribution in [1.82, 2.24) is 15.0 Å². The van der Waals surface area contributed by atoms with Crippen LogP contribution in [0, 0.1) is 23.7 Å². The van der Waals surface area contributed by atoms with Crippen LogP contribution in [0.4, 0.5) is 11.6 Å². The summed E-state index contributed by atoms with van der Waals surface area (Å²) in [6.45, 7) is 2.07. The lowest BCUT2D eigenvalue weighted by molar-refractivity contribution is -0.117. The van der Waals surface area contributed by atoms with Crippen LogP contribution in [-0.4, -0.2) is 35.0 Å². The second kappa shape index (κ2) is 7.76. The second-order valence-electron chi connectivity index (χ2n) is 7.03. The van der Waals surface area contributed by atoms with Gasteiger partial charge in [0, 0.05) is 36.1 Å². The van der Waals surface area contributed by atoms with E-state index in [1.165, 1.54) is 0 Å². The van der Waals surface area contributed by atoms with Crippen LogP contribution in [0.2, 0.25) is 0 Å². The van der Waals surface area contributed by atoms with E-state index in [4.69, 9.17) is 4.74 Å². The lowest BCUT2D eigenvalue weighted by Gasteiger charge is -2.09. The molecule has 0 aromatic carbocycles. The second-order valence-corrected chi connectivity index (χ2v) is 7.03. The molecule has 0 spiro atoms. The Labute approximate surface area is 168 Å². The van der Waals surface area contributed by atoms with E-state index in [1.807, 2.05) is 12.1 Å². The van der Waals surface area contributed by atoms with Crippen LogP contribution < -0.4 is 15.4 Å². The van der Waals surface area contributed by atoms with Crippen molar-refractivity contribution in [1.29, 1.82) is 0 Å². The number of ether oxygens (including phenoxy) is 1. The number of pyridine rings is 3. The highest BCUT2D eigenvalue weighted by Crippen LogP contribution is 2.38. The van der Waals surface area contributed by atoms with Gasteiger partial charge in [-0.1, -0.05) is 12.8 Å². The first kappa shape index (κ1) is 18.7. The van der Waals surface area contributed by atoms with E-state index in [0.717, 1.165) is 22.8 Å². The molecule has 7 nitrogen and oxygen atoms in total. The molecule has 2 N–H and O–H groups in total. The van der Waals surface area contributed by atoms with Gasteiger partial charge in [0.15, 0.2) is 0 Å². The van der Waals surface area contributed by atoms with Gasteiger partial charge >= 0.3 is 0 Å². The van der Waals surface area contributed by atoms with Gasteiger partial charge in [0.25, 0.3) is 0 Å². The summed E-state index contributed by atoms with van der Waals surface area (Å²) in [4.78, 5) is 25.3. The summed E-state index contributed by atoms with van der Waals surface area (Å²) in [7, 11) is 3.40. The van der Waals surface area contributed by atoms with Gasteiger partial charge in [-0.3, -0.25) is 4.79 Å². The van der Waals surface area contributed by atoms with Gasteiger partial charge < -0.3 is 15.4 Å². The molecular weight excluding hydrogens is 366 g/mol. The SMILES string of the molecule is CNc1ncc(C#Cc2ccc(OC)cn2)c2cc(NC(=O)C3CC3C)ncc12. The molecule has 1 aliphatic carbocycles. The highest BCUT2D eigenvalue weighted by Gasteiger charge is 2.39. The van der Waals surface area contributed by atoms with Gasteiger partial charge in [-0.05, 0) is 36.5 Å². The molecule has 2 atom stereocenters. The topological polar surface area (TPSA) is 89.0 Å². The van der Waals surface area contributed by atoms with Gasteiger partial charge in [0.1, 0.15) is 23.1 Å². The fourth-order valence-electron chi connectivity index (χ4n) is 3.11. The summed E-state index contributed by atoms with van der Waals surface area (Å²) in [6, 6.07) is 5.45. The molecule has 1 saturated carbocycles. The molecule has 1 amide bonds. The maximum atomic E-state index is 12.3. The van der Waals surface area contributed by atoms with Crippen LogP contribution in [0.5, 0.6) is 5.75 Å². The van der Waals surface area contributed by atoms with Crippen molar-refractivity contribution in [3.63, 3.8) is 0 Å². The summed E-state index contributed by atoms with van der Waals surface area (Å²) in [5.41, 5.74) is 1.36. The van der Waals surface area contributed by atoms with Crippen LogP contribution in [0.1, 0.15) is 24.6 Å². The van der Waals surface area contributed by atoms with Crippen molar-refractivity contribution >= 4 is 28.3 Å². The Kier molecular flexibility index (Phi) is 5.00. The predicted molar refractivity (Wildman–Crippen MR) is 112 cm³/mol. The van der Waals surface area contributed by atoms with Crippen molar-refractivity contribution in [2.75, 3.05) is 24.8 Å². The van der Waals surface area contributed by atoms with E-state index in [9.17, 15) is 4.79 Å². The van der Waals surface area contributed by atoms with Gasteiger partial charge in [-0.2, -0.15) is 0 Å². The molecule has 0 aliphatic heterocycles. The summed E-state index contributed by atoms with van der Waals surface area (Å²) >= 11 is 0. The Morgan fingerprint density at radius 2 is 1.97 bits per heavy atom. The molecular formula is C22H21N5O2. The average Bonchev–Trinajstić information content (AvgIpc) is 3.49. The van der Waals surface area contributed by atoms with Gasteiger partial charge in [-0.15, -0.1) is 0 Å². The number of amides is 1. The molecule has 0 bridgehead atoms. The number of carbonyl (C=O) groups is 1. The summed E-state index contributed by atoms with van der Waals surface area (Å²) in [5, 5.41) is 7.67. The molecule has 146 valence electrons. The maximum Gasteiger partial charge on any atom is 0.228 e. The van der Waals surface area contributed by atoms with Crippen molar-refractivity contribution in [2.45, 2.75) is 13.3 Å². The monoisotopic (exact) mass is 387 g/mol. The molecule has 4 rings (SSSR count). The van der Waals surface area contributed by atoms with Crippen molar-refractivity contribution in [3.05, 3.63) is 48.0 Å². The summed E-state index contributed by atoms with van der Waals surface area (Å²) in [5.74, 6) is 8.61. The van der Waals surface area contributed by atoms with E-state index < -0.39 is 0 Å². The van der Waals surface area contributed by atoms with Crippen LogP contribution in [0.15, 0.2) is 36.8 Å². The van der Waals surface area contributed by atoms with E-state index in [2.05, 4.69) is 44.4 Å². The summed E-state index contributed by atoms with van der Waals surface area (Å²) < 4.78 is 5.12. The van der Waals surface area contributed by atoms with Gasteiger partial charge in [-0.25, -0.2) is 15.0 Å². The molecule has 1 fully saturated rings. The Balaban J connectivity index is 1.69. The molecule has 3 aromatic heterocycles. The van der Waals surface area contributed by atoms with Gasteiger partial charge in [0.2, 0.25) is 5.91 Å². The van der Waals surface area contributed by atoms with E-state index >= 15 is 0 Å². The largest absolute Gasteiger partial charge is 0.495 e. The van der Waals surface area contributed by atoms with Crippen LogP contribution in [0.25, 0.3) is 10.8 Å². The zero-order valence-corrected chi connectivity index (χ0v) is 16.5. The highest BCUT2D eigenvalue weighted by molar-refractivity contribution is 5.99. The fraction of sp³-hybridized carbons (Fsp3) is 0.273. The van der Waals surface area contributed by atoms with E-state index in [-0.39, 0.29) is 11.8 Å². The quantitative estimate of drug-likeness (QED) is 0.669. The van der Waals surface area contributed by atoms with Gasteiger partial charge in [0.05, 0.1) is 18.9 Å². The minimum absolute atomic E-state index is 0.0160. The first-order valence-electron chi connectivity index (χ1n) is 9.38. The highest BCUT2D eigenvalue weighted by atomic mass is 16.5. The normalized spacial score (nSPS) is 17.2. The zero-order valence-electron chi connectivity index (χ0n) is 16.5. The molecule has 3 heterocycles. The van der Waals surface area contributed by atoms with Crippen LogP contribution >= 0.6 is 0 Å². The number of fused-ring (bicyclic) bond motifs is 1. The number of methoxy groups -OCH3 is 1. The third-order valence-electron chi connectivity index (χ3n) is 5.00. The van der Waals surface area contributed by atoms with E-state index in [0.29, 0.717) is 29.0 Å². The molecule has 29 heavy (non-hydrogen) atoms. The zero-order chi connectivity index (χ0) is 20.4. The number of carbonyl (C=O) groups excluding carboxylic acids is 1.